The molecule has 6 nitrogen and oxygen atoms in total. The molecule has 3 N–H and O–H groups in total. The molecule has 0 unspecified atom stereocenters. The van der Waals surface area contributed by atoms with Gasteiger partial charge in [0.2, 0.25) is 5.91 Å². The Bertz CT molecular complexity index is 579. The highest BCUT2D eigenvalue weighted by molar-refractivity contribution is 5.81. The van der Waals surface area contributed by atoms with Gasteiger partial charge in [0, 0.05) is 31.1 Å². The number of urea groups is 1. The van der Waals surface area contributed by atoms with E-state index in [1.807, 2.05) is 13.8 Å². The molecule has 1 aliphatic heterocycles. The second-order valence-corrected chi connectivity index (χ2v) is 5.93. The van der Waals surface area contributed by atoms with E-state index in [0.717, 1.165) is 0 Å². The van der Waals surface area contributed by atoms with Crippen molar-refractivity contribution in [2.75, 3.05) is 13.1 Å². The SMILES string of the molecule is CC(C)N1C[C@H](NC(=O)NC[C@H](O)c2ccccc2F)CC1=O. The Morgan fingerprint density at radius 1 is 1.43 bits per heavy atom. The fraction of sp³-hybridized carbons (Fsp3) is 0.500. The van der Waals surface area contributed by atoms with Gasteiger partial charge in [-0.15, -0.1) is 0 Å². The van der Waals surface area contributed by atoms with E-state index in [-0.39, 0.29) is 36.5 Å². The van der Waals surface area contributed by atoms with Gasteiger partial charge in [-0.2, -0.15) is 0 Å². The van der Waals surface area contributed by atoms with Crippen LogP contribution < -0.4 is 10.6 Å². The smallest absolute Gasteiger partial charge is 0.315 e. The molecular formula is C16H22FN3O3. The second-order valence-electron chi connectivity index (χ2n) is 5.93. The molecule has 0 saturated carbocycles. The summed E-state index contributed by atoms with van der Waals surface area (Å²) in [6.45, 7) is 4.21. The van der Waals surface area contributed by atoms with Crippen LogP contribution >= 0.6 is 0 Å². The summed E-state index contributed by atoms with van der Waals surface area (Å²) in [7, 11) is 0. The Labute approximate surface area is 134 Å². The third-order valence-corrected chi connectivity index (χ3v) is 3.84. The first-order valence-corrected chi connectivity index (χ1v) is 7.64. The quantitative estimate of drug-likeness (QED) is 0.761. The number of halogens is 1. The molecule has 1 aromatic rings. The standard InChI is InChI=1S/C16H22FN3O3/c1-10(2)20-9-11(7-15(20)22)19-16(23)18-8-14(21)12-5-3-4-6-13(12)17/h3-6,10-11,14,21H,7-9H2,1-2H3,(H2,18,19,23)/t11-,14+/m1/s1. The van der Waals surface area contributed by atoms with Gasteiger partial charge in [0.25, 0.3) is 0 Å². The number of hydrogen-bond acceptors (Lipinski definition) is 3. The molecule has 0 aliphatic carbocycles. The summed E-state index contributed by atoms with van der Waals surface area (Å²) in [6, 6.07) is 5.23. The third-order valence-electron chi connectivity index (χ3n) is 3.84. The fourth-order valence-corrected chi connectivity index (χ4v) is 2.61. The molecule has 0 aromatic heterocycles. The molecule has 7 heteroatoms. The predicted octanol–water partition coefficient (Wildman–Crippen LogP) is 1.17. The van der Waals surface area contributed by atoms with Crippen LogP contribution in [0.1, 0.15) is 31.9 Å². The molecule has 126 valence electrons. The number of likely N-dealkylation sites (tertiary alicyclic amines) is 1. The molecule has 1 aliphatic rings. The molecule has 0 radical (unpaired) electrons. The van der Waals surface area contributed by atoms with Gasteiger partial charge in [-0.25, -0.2) is 9.18 Å². The maximum Gasteiger partial charge on any atom is 0.315 e. The number of amides is 3. The van der Waals surface area contributed by atoms with Crippen molar-refractivity contribution in [1.29, 1.82) is 0 Å². The van der Waals surface area contributed by atoms with Crippen LogP contribution in [0.5, 0.6) is 0 Å². The summed E-state index contributed by atoms with van der Waals surface area (Å²) in [4.78, 5) is 25.3. The lowest BCUT2D eigenvalue weighted by Gasteiger charge is -2.21. The molecule has 3 amide bonds. The predicted molar refractivity (Wildman–Crippen MR) is 83.1 cm³/mol. The zero-order valence-corrected chi connectivity index (χ0v) is 13.3. The lowest BCUT2D eigenvalue weighted by Crippen LogP contribution is -2.45. The summed E-state index contributed by atoms with van der Waals surface area (Å²) in [5.74, 6) is -0.507. The van der Waals surface area contributed by atoms with E-state index in [1.165, 1.54) is 18.2 Å². The largest absolute Gasteiger partial charge is 0.386 e. The molecule has 2 rings (SSSR count). The van der Waals surface area contributed by atoms with E-state index < -0.39 is 18.0 Å². The molecule has 1 heterocycles. The Kier molecular flexibility index (Phi) is 5.54. The van der Waals surface area contributed by atoms with Crippen molar-refractivity contribution in [2.24, 2.45) is 0 Å². The monoisotopic (exact) mass is 323 g/mol. The average Bonchev–Trinajstić information content (AvgIpc) is 2.86. The van der Waals surface area contributed by atoms with Gasteiger partial charge in [0.15, 0.2) is 0 Å². The third kappa shape index (κ3) is 4.41. The lowest BCUT2D eigenvalue weighted by atomic mass is 10.1. The van der Waals surface area contributed by atoms with Crippen molar-refractivity contribution >= 4 is 11.9 Å². The Hall–Kier alpha value is -2.15. The molecule has 1 fully saturated rings. The normalized spacial score (nSPS) is 19.1. The van der Waals surface area contributed by atoms with Gasteiger partial charge in [-0.05, 0) is 19.9 Å². The maximum atomic E-state index is 13.5. The minimum atomic E-state index is -1.13. The zero-order chi connectivity index (χ0) is 17.0. The van der Waals surface area contributed by atoms with E-state index in [1.54, 1.807) is 11.0 Å². The van der Waals surface area contributed by atoms with E-state index >= 15 is 0 Å². The minimum Gasteiger partial charge on any atom is -0.386 e. The van der Waals surface area contributed by atoms with E-state index in [2.05, 4.69) is 10.6 Å². The van der Waals surface area contributed by atoms with Crippen molar-refractivity contribution in [3.8, 4) is 0 Å². The second kappa shape index (κ2) is 7.41. The van der Waals surface area contributed by atoms with E-state index in [9.17, 15) is 19.1 Å². The number of nitrogens with zero attached hydrogens (tertiary/aromatic N) is 1. The number of carbonyl (C=O) groups is 2. The molecule has 1 saturated heterocycles. The van der Waals surface area contributed by atoms with Gasteiger partial charge < -0.3 is 20.6 Å². The first-order chi connectivity index (χ1) is 10.9. The van der Waals surface area contributed by atoms with Crippen LogP contribution in [0.3, 0.4) is 0 Å². The number of nitrogens with one attached hydrogen (secondary N) is 2. The van der Waals surface area contributed by atoms with Crippen molar-refractivity contribution in [3.63, 3.8) is 0 Å². The lowest BCUT2D eigenvalue weighted by molar-refractivity contribution is -0.129. The molecule has 23 heavy (non-hydrogen) atoms. The van der Waals surface area contributed by atoms with Crippen LogP contribution in [0.2, 0.25) is 0 Å². The average molecular weight is 323 g/mol. The molecule has 0 bridgehead atoms. The number of aliphatic hydroxyl groups is 1. The van der Waals surface area contributed by atoms with Crippen molar-refractivity contribution in [3.05, 3.63) is 35.6 Å². The van der Waals surface area contributed by atoms with Gasteiger partial charge in [-0.1, -0.05) is 18.2 Å². The molecule has 2 atom stereocenters. The summed E-state index contributed by atoms with van der Waals surface area (Å²) in [5.41, 5.74) is 0.134. The summed E-state index contributed by atoms with van der Waals surface area (Å²) in [6.07, 6.45) is -0.860. The zero-order valence-electron chi connectivity index (χ0n) is 13.3. The van der Waals surface area contributed by atoms with Crippen LogP contribution in [0.4, 0.5) is 9.18 Å². The highest BCUT2D eigenvalue weighted by Gasteiger charge is 2.31. The minimum absolute atomic E-state index is 0.0108. The van der Waals surface area contributed by atoms with Gasteiger partial charge in [-0.3, -0.25) is 4.79 Å². The van der Waals surface area contributed by atoms with Crippen LogP contribution in [0, 0.1) is 5.82 Å². The summed E-state index contributed by atoms with van der Waals surface area (Å²) in [5, 5.41) is 15.1. The fourth-order valence-electron chi connectivity index (χ4n) is 2.61. The highest BCUT2D eigenvalue weighted by atomic mass is 19.1. The van der Waals surface area contributed by atoms with Crippen LogP contribution in [-0.2, 0) is 4.79 Å². The van der Waals surface area contributed by atoms with Crippen LogP contribution in [0.15, 0.2) is 24.3 Å². The van der Waals surface area contributed by atoms with Gasteiger partial charge in [0.05, 0.1) is 12.1 Å². The number of aliphatic hydroxyl groups excluding tert-OH is 1. The van der Waals surface area contributed by atoms with Crippen molar-refractivity contribution in [1.82, 2.24) is 15.5 Å². The molecule has 1 aromatic carbocycles. The Morgan fingerprint density at radius 2 is 2.13 bits per heavy atom. The number of rotatable bonds is 5. The molecule has 0 spiro atoms. The number of carbonyl (C=O) groups excluding carboxylic acids is 2. The van der Waals surface area contributed by atoms with Crippen LogP contribution in [0.25, 0.3) is 0 Å². The Morgan fingerprint density at radius 3 is 2.74 bits per heavy atom. The van der Waals surface area contributed by atoms with E-state index in [0.29, 0.717) is 6.54 Å². The summed E-state index contributed by atoms with van der Waals surface area (Å²) >= 11 is 0. The summed E-state index contributed by atoms with van der Waals surface area (Å²) < 4.78 is 13.5. The van der Waals surface area contributed by atoms with E-state index in [4.69, 9.17) is 0 Å². The first kappa shape index (κ1) is 17.2. The van der Waals surface area contributed by atoms with Gasteiger partial charge >= 0.3 is 6.03 Å². The molecular weight excluding hydrogens is 301 g/mol. The van der Waals surface area contributed by atoms with Crippen molar-refractivity contribution in [2.45, 2.75) is 38.5 Å². The number of hydrogen-bond donors (Lipinski definition) is 3. The van der Waals surface area contributed by atoms with Crippen LogP contribution in [-0.4, -0.2) is 47.1 Å². The van der Waals surface area contributed by atoms with Gasteiger partial charge in [0.1, 0.15) is 5.82 Å². The highest BCUT2D eigenvalue weighted by Crippen LogP contribution is 2.16. The maximum absolute atomic E-state index is 13.5. The first-order valence-electron chi connectivity index (χ1n) is 7.64. The number of benzene rings is 1. The van der Waals surface area contributed by atoms with Crippen molar-refractivity contribution < 1.29 is 19.1 Å². The Balaban J connectivity index is 1.80. The topological polar surface area (TPSA) is 81.7 Å².